The van der Waals surface area contributed by atoms with Gasteiger partial charge in [-0.2, -0.15) is 4.31 Å². The number of sulfonamides is 1. The lowest BCUT2D eigenvalue weighted by Gasteiger charge is -2.17. The second kappa shape index (κ2) is 6.79. The number of sulfone groups is 1. The van der Waals surface area contributed by atoms with Crippen LogP contribution in [0.4, 0.5) is 4.39 Å². The fraction of sp³-hybridized carbons (Fsp3) is 0.500. The summed E-state index contributed by atoms with van der Waals surface area (Å²) in [6.45, 7) is 0.664. The second-order valence-electron chi connectivity index (χ2n) is 5.00. The van der Waals surface area contributed by atoms with E-state index in [4.69, 9.17) is 0 Å². The molecule has 1 aliphatic heterocycles. The minimum Gasteiger partial charge on any atom is -0.316 e. The predicted octanol–water partition coefficient (Wildman–Crippen LogP) is 0.633. The monoisotopic (exact) mass is 372 g/mol. The first kappa shape index (κ1) is 19.3. The second-order valence-corrected chi connectivity index (χ2v) is 8.92. The Labute approximate surface area is 136 Å². The van der Waals surface area contributed by atoms with Crippen LogP contribution >= 0.6 is 12.4 Å². The van der Waals surface area contributed by atoms with Crippen molar-refractivity contribution >= 4 is 32.3 Å². The molecular weight excluding hydrogens is 355 g/mol. The number of hydrogen-bond donors (Lipinski definition) is 1. The Balaban J connectivity index is 0.00000242. The average molecular weight is 373 g/mol. The maximum atomic E-state index is 13.8. The molecule has 1 aliphatic rings. The van der Waals surface area contributed by atoms with Crippen molar-refractivity contribution in [2.24, 2.45) is 0 Å². The van der Waals surface area contributed by atoms with Crippen LogP contribution in [0.15, 0.2) is 28.0 Å². The third-order valence-electron chi connectivity index (χ3n) is 3.50. The predicted molar refractivity (Wildman–Crippen MR) is 83.0 cm³/mol. The van der Waals surface area contributed by atoms with E-state index in [0.29, 0.717) is 19.5 Å². The standard InChI is InChI=1S/C12H17FN2O4S2.ClH/c1-14-9-5-6-15(8-9)21(18,19)10-3-4-12(11(13)7-10)20(2,16)17;/h3-4,7,9,14H,5-6,8H2,1-2H3;1H. The summed E-state index contributed by atoms with van der Waals surface area (Å²) < 4.78 is 62.6. The number of halogens is 2. The molecule has 1 unspecified atom stereocenters. The van der Waals surface area contributed by atoms with E-state index in [1.165, 1.54) is 4.31 Å². The van der Waals surface area contributed by atoms with E-state index < -0.39 is 30.6 Å². The zero-order valence-electron chi connectivity index (χ0n) is 12.1. The maximum Gasteiger partial charge on any atom is 0.243 e. The summed E-state index contributed by atoms with van der Waals surface area (Å²) in [5.74, 6) is -1.05. The van der Waals surface area contributed by atoms with Gasteiger partial charge in [-0.1, -0.05) is 0 Å². The topological polar surface area (TPSA) is 83.6 Å². The van der Waals surface area contributed by atoms with E-state index in [9.17, 15) is 21.2 Å². The van der Waals surface area contributed by atoms with Crippen LogP contribution in [-0.2, 0) is 19.9 Å². The molecule has 1 heterocycles. The fourth-order valence-electron chi connectivity index (χ4n) is 2.27. The van der Waals surface area contributed by atoms with Gasteiger partial charge >= 0.3 is 0 Å². The van der Waals surface area contributed by atoms with Crippen LogP contribution < -0.4 is 5.32 Å². The van der Waals surface area contributed by atoms with Crippen LogP contribution in [0.1, 0.15) is 6.42 Å². The fourth-order valence-corrected chi connectivity index (χ4v) is 4.51. The molecule has 0 radical (unpaired) electrons. The summed E-state index contributed by atoms with van der Waals surface area (Å²) in [6, 6.07) is 2.95. The number of benzene rings is 1. The Morgan fingerprint density at radius 3 is 2.36 bits per heavy atom. The van der Waals surface area contributed by atoms with E-state index >= 15 is 0 Å². The molecule has 1 atom stereocenters. The van der Waals surface area contributed by atoms with Crippen molar-refractivity contribution < 1.29 is 21.2 Å². The van der Waals surface area contributed by atoms with Crippen LogP contribution in [0.3, 0.4) is 0 Å². The van der Waals surface area contributed by atoms with Gasteiger partial charge in [-0.25, -0.2) is 21.2 Å². The third kappa shape index (κ3) is 3.77. The summed E-state index contributed by atoms with van der Waals surface area (Å²) in [5.41, 5.74) is 0. The first-order valence-electron chi connectivity index (χ1n) is 6.33. The molecular formula is C12H18ClFN2O4S2. The molecule has 10 heteroatoms. The summed E-state index contributed by atoms with van der Waals surface area (Å²) in [7, 11) is -5.78. The highest BCUT2D eigenvalue weighted by molar-refractivity contribution is 7.90. The highest BCUT2D eigenvalue weighted by atomic mass is 35.5. The number of nitrogens with zero attached hydrogens (tertiary/aromatic N) is 1. The van der Waals surface area contributed by atoms with E-state index in [2.05, 4.69) is 5.32 Å². The smallest absolute Gasteiger partial charge is 0.243 e. The van der Waals surface area contributed by atoms with Gasteiger partial charge < -0.3 is 5.32 Å². The van der Waals surface area contributed by atoms with Gasteiger partial charge in [0.2, 0.25) is 10.0 Å². The lowest BCUT2D eigenvalue weighted by Crippen LogP contribution is -2.33. The van der Waals surface area contributed by atoms with Crippen LogP contribution in [0.2, 0.25) is 0 Å². The highest BCUT2D eigenvalue weighted by Crippen LogP contribution is 2.24. The van der Waals surface area contributed by atoms with Crippen molar-refractivity contribution in [2.75, 3.05) is 26.4 Å². The SMILES string of the molecule is CNC1CCN(S(=O)(=O)c2ccc(S(C)(=O)=O)c(F)c2)C1.Cl. The number of likely N-dealkylation sites (N-methyl/N-ethyl adjacent to an activating group) is 1. The van der Waals surface area contributed by atoms with Crippen LogP contribution in [0.5, 0.6) is 0 Å². The van der Waals surface area contributed by atoms with Crippen molar-refractivity contribution in [2.45, 2.75) is 22.3 Å². The van der Waals surface area contributed by atoms with E-state index in [0.717, 1.165) is 24.5 Å². The third-order valence-corrected chi connectivity index (χ3v) is 6.49. The van der Waals surface area contributed by atoms with E-state index in [-0.39, 0.29) is 23.3 Å². The summed E-state index contributed by atoms with van der Waals surface area (Å²) >= 11 is 0. The van der Waals surface area contributed by atoms with Crippen LogP contribution in [0.25, 0.3) is 0 Å². The van der Waals surface area contributed by atoms with Crippen molar-refractivity contribution in [1.29, 1.82) is 0 Å². The minimum absolute atomic E-state index is 0. The van der Waals surface area contributed by atoms with Crippen molar-refractivity contribution in [3.8, 4) is 0 Å². The normalized spacial score (nSPS) is 19.9. The Hall–Kier alpha value is -0.740. The zero-order chi connectivity index (χ0) is 15.8. The molecule has 0 aromatic heterocycles. The molecule has 0 spiro atoms. The first-order chi connectivity index (χ1) is 9.66. The largest absolute Gasteiger partial charge is 0.316 e. The maximum absolute atomic E-state index is 13.8. The summed E-state index contributed by atoms with van der Waals surface area (Å²) in [5, 5.41) is 3.00. The molecule has 0 saturated carbocycles. The molecule has 1 N–H and O–H groups in total. The van der Waals surface area contributed by atoms with Crippen molar-refractivity contribution in [3.05, 3.63) is 24.0 Å². The molecule has 2 rings (SSSR count). The Morgan fingerprint density at radius 1 is 1.27 bits per heavy atom. The minimum atomic E-state index is -3.81. The molecule has 0 bridgehead atoms. The summed E-state index contributed by atoms with van der Waals surface area (Å²) in [4.78, 5) is -0.736. The van der Waals surface area contributed by atoms with Gasteiger partial charge in [0.25, 0.3) is 0 Å². The lowest BCUT2D eigenvalue weighted by molar-refractivity contribution is 0.463. The molecule has 1 aromatic carbocycles. The van der Waals surface area contributed by atoms with Gasteiger partial charge in [0.15, 0.2) is 9.84 Å². The number of rotatable bonds is 4. The molecule has 0 amide bonds. The van der Waals surface area contributed by atoms with Gasteiger partial charge in [-0.05, 0) is 31.7 Å². The van der Waals surface area contributed by atoms with Crippen LogP contribution in [-0.4, -0.2) is 53.6 Å². The molecule has 1 aromatic rings. The molecule has 6 nitrogen and oxygen atoms in total. The Bertz CT molecular complexity index is 752. The van der Waals surface area contributed by atoms with Crippen molar-refractivity contribution in [3.63, 3.8) is 0 Å². The quantitative estimate of drug-likeness (QED) is 0.838. The molecule has 126 valence electrons. The van der Waals surface area contributed by atoms with Crippen LogP contribution in [0, 0.1) is 5.82 Å². The van der Waals surface area contributed by atoms with Gasteiger partial charge in [-0.3, -0.25) is 0 Å². The van der Waals surface area contributed by atoms with E-state index in [1.807, 2.05) is 0 Å². The Morgan fingerprint density at radius 2 is 1.91 bits per heavy atom. The average Bonchev–Trinajstić information content (AvgIpc) is 2.86. The first-order valence-corrected chi connectivity index (χ1v) is 9.66. The highest BCUT2D eigenvalue weighted by Gasteiger charge is 2.32. The van der Waals surface area contributed by atoms with Gasteiger partial charge in [0.1, 0.15) is 10.7 Å². The van der Waals surface area contributed by atoms with E-state index in [1.54, 1.807) is 7.05 Å². The molecule has 0 aliphatic carbocycles. The van der Waals surface area contributed by atoms with Gasteiger partial charge in [0, 0.05) is 25.4 Å². The molecule has 22 heavy (non-hydrogen) atoms. The Kier molecular flexibility index (Phi) is 5.96. The van der Waals surface area contributed by atoms with Crippen molar-refractivity contribution in [1.82, 2.24) is 9.62 Å². The lowest BCUT2D eigenvalue weighted by atomic mass is 10.3. The number of hydrogen-bond acceptors (Lipinski definition) is 5. The molecule has 1 fully saturated rings. The zero-order valence-corrected chi connectivity index (χ0v) is 14.6. The van der Waals surface area contributed by atoms with Gasteiger partial charge in [-0.15, -0.1) is 12.4 Å². The van der Waals surface area contributed by atoms with Gasteiger partial charge in [0.05, 0.1) is 4.90 Å². The number of nitrogens with one attached hydrogen (secondary N) is 1. The summed E-state index contributed by atoms with van der Waals surface area (Å²) in [6.07, 6.45) is 1.55. The molecule has 1 saturated heterocycles.